The van der Waals surface area contributed by atoms with Crippen molar-refractivity contribution < 1.29 is 23.9 Å². The van der Waals surface area contributed by atoms with Crippen LogP contribution in [0.3, 0.4) is 0 Å². The van der Waals surface area contributed by atoms with Crippen molar-refractivity contribution in [3.8, 4) is 0 Å². The van der Waals surface area contributed by atoms with Crippen LogP contribution in [0.25, 0.3) is 0 Å². The molecule has 10 nitrogen and oxygen atoms in total. The Labute approximate surface area is 253 Å². The first-order valence-electron chi connectivity index (χ1n) is 15.3. The molecule has 0 aromatic heterocycles. The number of carbonyl (C=O) groups is 3. The average Bonchev–Trinajstić information content (AvgIpc) is 3.76. The van der Waals surface area contributed by atoms with E-state index >= 15 is 0 Å². The van der Waals surface area contributed by atoms with Gasteiger partial charge in [0.15, 0.2) is 17.3 Å². The van der Waals surface area contributed by atoms with E-state index < -0.39 is 28.5 Å². The number of carbonyl (C=O) groups excluding carboxylic acids is 3. The van der Waals surface area contributed by atoms with Crippen molar-refractivity contribution in [1.29, 1.82) is 0 Å². The molecule has 0 radical (unpaired) electrons. The predicted octanol–water partition coefficient (Wildman–Crippen LogP) is 3.45. The number of fused-ring (bicyclic) bond motifs is 2. The molecule has 0 unspecified atom stereocenters. The number of ether oxygens (including phenoxy) is 2. The normalized spacial score (nSPS) is 29.2. The highest BCUT2D eigenvalue weighted by molar-refractivity contribution is 6.32. The summed E-state index contributed by atoms with van der Waals surface area (Å²) in [6.07, 6.45) is 12.1. The Hall–Kier alpha value is -3.92. The molecule has 0 spiro atoms. The van der Waals surface area contributed by atoms with Crippen molar-refractivity contribution in [3.05, 3.63) is 70.6 Å². The fourth-order valence-electron chi connectivity index (χ4n) is 6.60. The zero-order valence-corrected chi connectivity index (χ0v) is 25.4. The van der Waals surface area contributed by atoms with Gasteiger partial charge in [0.25, 0.3) is 5.60 Å². The topological polar surface area (TPSA) is 147 Å². The van der Waals surface area contributed by atoms with Gasteiger partial charge in [-0.05, 0) is 44.3 Å². The first kappa shape index (κ1) is 30.5. The molecule has 0 amide bonds. The molecule has 43 heavy (non-hydrogen) atoms. The number of dihydropyridines is 1. The average molecular weight is 590 g/mol. The first-order valence-corrected chi connectivity index (χ1v) is 15.3. The van der Waals surface area contributed by atoms with Crippen molar-refractivity contribution in [3.63, 3.8) is 0 Å². The minimum Gasteiger partial charge on any atom is -0.463 e. The largest absolute Gasteiger partial charge is 0.463 e. The van der Waals surface area contributed by atoms with Crippen molar-refractivity contribution in [2.75, 3.05) is 26.7 Å². The van der Waals surface area contributed by atoms with Crippen molar-refractivity contribution >= 4 is 23.5 Å². The molecule has 3 heterocycles. The van der Waals surface area contributed by atoms with E-state index in [4.69, 9.17) is 15.2 Å². The van der Waals surface area contributed by atoms with Gasteiger partial charge < -0.3 is 31.2 Å². The van der Waals surface area contributed by atoms with Crippen molar-refractivity contribution in [2.24, 2.45) is 10.7 Å². The molecule has 5 N–H and O–H groups in total. The van der Waals surface area contributed by atoms with Crippen LogP contribution >= 0.6 is 0 Å². The lowest BCUT2D eigenvalue weighted by atomic mass is 9.72. The zero-order valence-electron chi connectivity index (χ0n) is 25.4. The van der Waals surface area contributed by atoms with Gasteiger partial charge in [-0.2, -0.15) is 0 Å². The molecule has 2 saturated heterocycles. The number of benzene rings is 1. The number of aliphatic imine (C=N–C) groups is 1. The van der Waals surface area contributed by atoms with E-state index in [0.29, 0.717) is 31.2 Å². The van der Waals surface area contributed by atoms with Crippen LogP contribution in [0.1, 0.15) is 85.9 Å². The maximum absolute atomic E-state index is 13.9. The maximum Gasteiger partial charge on any atom is 0.350 e. The van der Waals surface area contributed by atoms with Crippen molar-refractivity contribution in [1.82, 2.24) is 16.0 Å². The molecule has 2 fully saturated rings. The molecule has 230 valence electrons. The van der Waals surface area contributed by atoms with Crippen molar-refractivity contribution in [2.45, 2.75) is 82.0 Å². The number of nitrogens with one attached hydrogen (secondary N) is 3. The van der Waals surface area contributed by atoms with Gasteiger partial charge in [-0.3, -0.25) is 14.6 Å². The Morgan fingerprint density at radius 3 is 2.63 bits per heavy atom. The molecule has 1 aromatic rings. The van der Waals surface area contributed by atoms with E-state index in [1.165, 1.54) is 0 Å². The summed E-state index contributed by atoms with van der Waals surface area (Å²) in [5, 5.41) is 10.1. The standard InChI is InChI=1S/C33H43N5O5/c1-4-5-6-9-19-42-29(41)33-28(40)25-12-8-7-11-24(25)27(39)32(33,43-33)16-13-22(2)21-31(23-14-18-36-26(34)20-23)15-10-17-37-30(35-3)38-31/h7-8,11-14,20,36H,4-6,9-10,15-19,21,34H2,1-3H3,(H2,35,37,38)/b22-13+/t31-,32-,33-/m0/s1. The van der Waals surface area contributed by atoms with Crippen LogP contribution in [0.2, 0.25) is 0 Å². The molecule has 4 aliphatic rings. The third-order valence-electron chi connectivity index (χ3n) is 8.94. The van der Waals surface area contributed by atoms with E-state index in [2.05, 4.69) is 33.9 Å². The second-order valence-corrected chi connectivity index (χ2v) is 11.9. The molecular weight excluding hydrogens is 546 g/mol. The minimum absolute atomic E-state index is 0.0737. The number of esters is 1. The molecule has 0 saturated carbocycles. The lowest BCUT2D eigenvalue weighted by molar-refractivity contribution is -0.148. The summed E-state index contributed by atoms with van der Waals surface area (Å²) in [6.45, 7) is 5.68. The summed E-state index contributed by atoms with van der Waals surface area (Å²) >= 11 is 0. The second-order valence-electron chi connectivity index (χ2n) is 11.9. The Morgan fingerprint density at radius 2 is 1.91 bits per heavy atom. The fraction of sp³-hybridized carbons (Fsp3) is 0.515. The molecule has 10 heteroatoms. The summed E-state index contributed by atoms with van der Waals surface area (Å²) in [7, 11) is 1.74. The van der Waals surface area contributed by atoms with Crippen LogP contribution < -0.4 is 21.7 Å². The highest BCUT2D eigenvalue weighted by atomic mass is 16.7. The number of unbranched alkanes of at least 4 members (excludes halogenated alkanes) is 3. The number of Topliss-reactive ketones (excluding diaryl/α,β-unsaturated/α-hetero) is 2. The number of epoxide rings is 1. The van der Waals surface area contributed by atoms with Gasteiger partial charge in [-0.15, -0.1) is 0 Å². The lowest BCUT2D eigenvalue weighted by Crippen LogP contribution is -2.52. The van der Waals surface area contributed by atoms with Gasteiger partial charge in [0.1, 0.15) is 0 Å². The van der Waals surface area contributed by atoms with E-state index in [-0.39, 0.29) is 29.9 Å². The molecule has 3 atom stereocenters. The highest BCUT2D eigenvalue weighted by Gasteiger charge is 2.85. The molecular formula is C33H43N5O5. The summed E-state index contributed by atoms with van der Waals surface area (Å²) in [5.74, 6) is -0.352. The van der Waals surface area contributed by atoms with Gasteiger partial charge >= 0.3 is 5.97 Å². The summed E-state index contributed by atoms with van der Waals surface area (Å²) < 4.78 is 11.6. The lowest BCUT2D eigenvalue weighted by Gasteiger charge is -2.37. The van der Waals surface area contributed by atoms with Gasteiger partial charge in [0, 0.05) is 37.7 Å². The van der Waals surface area contributed by atoms with Crippen LogP contribution in [0.4, 0.5) is 0 Å². The highest BCUT2D eigenvalue weighted by Crippen LogP contribution is 2.58. The minimum atomic E-state index is -1.96. The summed E-state index contributed by atoms with van der Waals surface area (Å²) in [4.78, 5) is 45.7. The Kier molecular flexibility index (Phi) is 8.78. The van der Waals surface area contributed by atoms with E-state index in [0.717, 1.165) is 49.8 Å². The van der Waals surface area contributed by atoms with Gasteiger partial charge in [-0.1, -0.05) is 68.2 Å². The number of ketones is 2. The quantitative estimate of drug-likeness (QED) is 0.100. The van der Waals surface area contributed by atoms with Crippen LogP contribution in [0.5, 0.6) is 0 Å². The number of guanidine groups is 1. The van der Waals surface area contributed by atoms with E-state index in [9.17, 15) is 14.4 Å². The molecule has 0 bridgehead atoms. The number of hydrogen-bond donors (Lipinski definition) is 4. The van der Waals surface area contributed by atoms with E-state index in [1.807, 2.05) is 19.1 Å². The smallest absolute Gasteiger partial charge is 0.350 e. The number of nitrogens with two attached hydrogens (primary N) is 1. The summed E-state index contributed by atoms with van der Waals surface area (Å²) in [5.41, 5.74) is 4.59. The molecule has 1 aromatic carbocycles. The van der Waals surface area contributed by atoms with Crippen LogP contribution in [0, 0.1) is 0 Å². The van der Waals surface area contributed by atoms with Crippen LogP contribution in [-0.2, 0) is 14.3 Å². The zero-order chi connectivity index (χ0) is 30.7. The Morgan fingerprint density at radius 1 is 1.14 bits per heavy atom. The number of rotatable bonds is 11. The molecule has 5 rings (SSSR count). The molecule has 3 aliphatic heterocycles. The van der Waals surface area contributed by atoms with Crippen LogP contribution in [-0.4, -0.2) is 67.0 Å². The van der Waals surface area contributed by atoms with Crippen LogP contribution in [0.15, 0.2) is 64.5 Å². The van der Waals surface area contributed by atoms with E-state index in [1.54, 1.807) is 31.3 Å². The number of nitrogens with zero attached hydrogens (tertiary/aromatic N) is 1. The SMILES string of the molecule is CCCCCCOC(=O)[C@]12O[C@@]1(C/C=C(\C)C[C@]1(C3=CCNC(N)=C3)CCCNC(=NC)N1)C(=O)c1ccccc1C2=O. The van der Waals surface area contributed by atoms with Gasteiger partial charge in [-0.25, -0.2) is 4.79 Å². The monoisotopic (exact) mass is 589 g/mol. The third-order valence-corrected chi connectivity index (χ3v) is 8.94. The van der Waals surface area contributed by atoms with Gasteiger partial charge in [0.2, 0.25) is 5.78 Å². The first-order chi connectivity index (χ1) is 20.7. The third kappa shape index (κ3) is 5.48. The second kappa shape index (κ2) is 12.4. The molecule has 1 aliphatic carbocycles. The number of hydrogen-bond acceptors (Lipinski definition) is 8. The Balaban J connectivity index is 1.44. The fourth-order valence-corrected chi connectivity index (χ4v) is 6.60. The maximum atomic E-state index is 13.9. The predicted molar refractivity (Wildman–Crippen MR) is 165 cm³/mol. The van der Waals surface area contributed by atoms with Gasteiger partial charge in [0.05, 0.1) is 18.0 Å². The summed E-state index contributed by atoms with van der Waals surface area (Å²) in [6, 6.07) is 6.60. The Bertz CT molecular complexity index is 1410.